The van der Waals surface area contributed by atoms with Gasteiger partial charge in [-0.25, -0.2) is 14.6 Å². The lowest BCUT2D eigenvalue weighted by Crippen LogP contribution is -2.53. The summed E-state index contributed by atoms with van der Waals surface area (Å²) in [4.78, 5) is 44.2. The number of carbonyl (C=O) groups is 3. The summed E-state index contributed by atoms with van der Waals surface area (Å²) < 4.78 is 10.8. The van der Waals surface area contributed by atoms with Crippen LogP contribution in [0, 0.1) is 0 Å². The molecule has 2 aromatic rings. The molecule has 1 aromatic heterocycles. The maximum absolute atomic E-state index is 13.4. The molecule has 2 atom stereocenters. The Morgan fingerprint density at radius 1 is 1.25 bits per heavy atom. The van der Waals surface area contributed by atoms with Crippen LogP contribution in [-0.2, 0) is 32.1 Å². The lowest BCUT2D eigenvalue weighted by atomic mass is 10.1. The van der Waals surface area contributed by atoms with Crippen molar-refractivity contribution in [1.82, 2.24) is 15.2 Å². The third-order valence-corrected chi connectivity index (χ3v) is 5.55. The number of likely N-dealkylation sites (tertiary alicyclic amines) is 1. The zero-order valence-electron chi connectivity index (χ0n) is 18.6. The first kappa shape index (κ1) is 23.7. The molecule has 1 saturated heterocycles. The molecular weight excluding hydrogens is 430 g/mol. The number of thiazole rings is 1. The summed E-state index contributed by atoms with van der Waals surface area (Å²) in [6, 6.07) is 7.82. The molecule has 3 rings (SSSR count). The summed E-state index contributed by atoms with van der Waals surface area (Å²) in [5.74, 6) is -0.785. The highest BCUT2D eigenvalue weighted by Gasteiger charge is 2.39. The summed E-state index contributed by atoms with van der Waals surface area (Å²) >= 11 is 1.41. The average Bonchev–Trinajstić information content (AvgIpc) is 3.42. The lowest BCUT2D eigenvalue weighted by molar-refractivity contribution is -0.155. The largest absolute Gasteiger partial charge is 0.459 e. The number of nitrogens with one attached hydrogen (secondary N) is 1. The molecule has 2 amide bonds. The molecule has 0 aliphatic carbocycles. The first-order chi connectivity index (χ1) is 15.2. The molecule has 1 aliphatic heterocycles. The number of aromatic nitrogens is 1. The smallest absolute Gasteiger partial charge is 0.408 e. The molecule has 0 spiro atoms. The number of esters is 1. The fourth-order valence-electron chi connectivity index (χ4n) is 3.50. The van der Waals surface area contributed by atoms with E-state index >= 15 is 0 Å². The zero-order chi connectivity index (χ0) is 23.1. The average molecular weight is 460 g/mol. The fraction of sp³-hybridized carbons (Fsp3) is 0.478. The zero-order valence-corrected chi connectivity index (χ0v) is 19.4. The molecule has 2 heterocycles. The quantitative estimate of drug-likeness (QED) is 0.638. The van der Waals surface area contributed by atoms with Crippen LogP contribution in [0.15, 0.2) is 41.2 Å². The van der Waals surface area contributed by atoms with E-state index in [1.165, 1.54) is 16.2 Å². The van der Waals surface area contributed by atoms with Crippen LogP contribution < -0.4 is 5.32 Å². The Bertz CT molecular complexity index is 911. The van der Waals surface area contributed by atoms with Crippen LogP contribution in [0.2, 0.25) is 0 Å². The van der Waals surface area contributed by atoms with E-state index in [4.69, 9.17) is 9.47 Å². The molecule has 32 heavy (non-hydrogen) atoms. The molecule has 0 bridgehead atoms. The van der Waals surface area contributed by atoms with Gasteiger partial charge in [-0.05, 0) is 39.2 Å². The second kappa shape index (κ2) is 10.6. The number of hydrogen-bond acceptors (Lipinski definition) is 7. The highest BCUT2D eigenvalue weighted by molar-refractivity contribution is 7.07. The molecule has 0 radical (unpaired) electrons. The van der Waals surface area contributed by atoms with Crippen molar-refractivity contribution in [3.05, 3.63) is 52.5 Å². The van der Waals surface area contributed by atoms with Gasteiger partial charge in [0.1, 0.15) is 24.3 Å². The van der Waals surface area contributed by atoms with E-state index in [0.29, 0.717) is 25.1 Å². The van der Waals surface area contributed by atoms with Gasteiger partial charge in [0.2, 0.25) is 5.91 Å². The third-order valence-electron chi connectivity index (χ3n) is 4.92. The van der Waals surface area contributed by atoms with E-state index in [2.05, 4.69) is 10.3 Å². The van der Waals surface area contributed by atoms with Crippen LogP contribution in [0.1, 0.15) is 44.9 Å². The van der Waals surface area contributed by atoms with Crippen molar-refractivity contribution in [2.45, 2.75) is 64.3 Å². The normalized spacial score (nSPS) is 17.0. The van der Waals surface area contributed by atoms with Crippen molar-refractivity contribution >= 4 is 29.3 Å². The van der Waals surface area contributed by atoms with Crippen molar-refractivity contribution in [2.24, 2.45) is 0 Å². The molecule has 1 aromatic carbocycles. The summed E-state index contributed by atoms with van der Waals surface area (Å²) in [5.41, 5.74) is 2.54. The van der Waals surface area contributed by atoms with Crippen molar-refractivity contribution in [1.29, 1.82) is 0 Å². The number of amides is 2. The van der Waals surface area contributed by atoms with Gasteiger partial charge in [0, 0.05) is 18.3 Å². The molecule has 1 N–H and O–H groups in total. The summed E-state index contributed by atoms with van der Waals surface area (Å²) in [7, 11) is 0. The van der Waals surface area contributed by atoms with Crippen LogP contribution in [0.25, 0.3) is 0 Å². The minimum absolute atomic E-state index is 0.149. The lowest BCUT2D eigenvalue weighted by Gasteiger charge is -2.29. The van der Waals surface area contributed by atoms with Gasteiger partial charge in [-0.3, -0.25) is 4.79 Å². The van der Waals surface area contributed by atoms with E-state index in [9.17, 15) is 14.4 Å². The van der Waals surface area contributed by atoms with E-state index in [1.807, 2.05) is 35.7 Å². The Hall–Kier alpha value is -2.94. The first-order valence-electron chi connectivity index (χ1n) is 10.6. The molecule has 9 heteroatoms. The Balaban J connectivity index is 1.68. The van der Waals surface area contributed by atoms with E-state index < -0.39 is 29.7 Å². The maximum Gasteiger partial charge on any atom is 0.408 e. The van der Waals surface area contributed by atoms with Crippen molar-refractivity contribution in [2.75, 3.05) is 6.54 Å². The number of benzene rings is 1. The number of carbonyl (C=O) groups excluding carboxylic acids is 3. The number of rotatable bonds is 7. The molecule has 8 nitrogen and oxygen atoms in total. The van der Waals surface area contributed by atoms with Gasteiger partial charge in [0.05, 0.1) is 11.2 Å². The van der Waals surface area contributed by atoms with Crippen LogP contribution in [0.4, 0.5) is 4.79 Å². The molecule has 0 unspecified atom stereocenters. The van der Waals surface area contributed by atoms with Gasteiger partial charge in [0.15, 0.2) is 0 Å². The van der Waals surface area contributed by atoms with Crippen LogP contribution in [0.3, 0.4) is 0 Å². The summed E-state index contributed by atoms with van der Waals surface area (Å²) in [5, 5.41) is 4.49. The predicted molar refractivity (Wildman–Crippen MR) is 120 cm³/mol. The Morgan fingerprint density at radius 3 is 2.66 bits per heavy atom. The minimum Gasteiger partial charge on any atom is -0.459 e. The summed E-state index contributed by atoms with van der Waals surface area (Å²) in [6.45, 7) is 5.83. The van der Waals surface area contributed by atoms with Gasteiger partial charge in [0.25, 0.3) is 0 Å². The Kier molecular flexibility index (Phi) is 7.84. The van der Waals surface area contributed by atoms with Crippen molar-refractivity contribution in [3.8, 4) is 0 Å². The molecule has 0 saturated carbocycles. The van der Waals surface area contributed by atoms with Gasteiger partial charge in [-0.15, -0.1) is 11.3 Å². The Morgan fingerprint density at radius 2 is 2.00 bits per heavy atom. The molecule has 1 fully saturated rings. The van der Waals surface area contributed by atoms with Crippen LogP contribution in [-0.4, -0.2) is 52.1 Å². The third kappa shape index (κ3) is 6.78. The minimum atomic E-state index is -0.894. The van der Waals surface area contributed by atoms with E-state index in [-0.39, 0.29) is 18.9 Å². The van der Waals surface area contributed by atoms with Crippen LogP contribution in [0.5, 0.6) is 0 Å². The highest BCUT2D eigenvalue weighted by atomic mass is 32.1. The number of hydrogen-bond donors (Lipinski definition) is 1. The maximum atomic E-state index is 13.4. The van der Waals surface area contributed by atoms with Gasteiger partial charge in [-0.1, -0.05) is 30.3 Å². The first-order valence-corrected chi connectivity index (χ1v) is 11.5. The topological polar surface area (TPSA) is 97.8 Å². The SMILES string of the molecule is CC(C)(C)OC(=O)N[C@@H](Cc1cscn1)C(=O)N1CCC[C@H]1C(=O)OCc1ccccc1. The van der Waals surface area contributed by atoms with Crippen LogP contribution >= 0.6 is 11.3 Å². The number of ether oxygens (including phenoxy) is 2. The van der Waals surface area contributed by atoms with Crippen molar-refractivity contribution < 1.29 is 23.9 Å². The standard InChI is InChI=1S/C23H29N3O5S/c1-23(2,3)31-22(29)25-18(12-17-14-32-15-24-17)20(27)26-11-7-10-19(26)21(28)30-13-16-8-5-4-6-9-16/h4-6,8-9,14-15,18-19H,7,10-13H2,1-3H3,(H,25,29)/t18-,19-/m0/s1. The van der Waals surface area contributed by atoms with Gasteiger partial charge < -0.3 is 19.7 Å². The molecule has 172 valence electrons. The second-order valence-corrected chi connectivity index (χ2v) is 9.38. The highest BCUT2D eigenvalue weighted by Crippen LogP contribution is 2.21. The molecular formula is C23H29N3O5S. The number of alkyl carbamates (subject to hydrolysis) is 1. The van der Waals surface area contributed by atoms with E-state index in [1.54, 1.807) is 26.3 Å². The summed E-state index contributed by atoms with van der Waals surface area (Å²) in [6.07, 6.45) is 0.736. The van der Waals surface area contributed by atoms with Crippen molar-refractivity contribution in [3.63, 3.8) is 0 Å². The van der Waals surface area contributed by atoms with E-state index in [0.717, 1.165) is 5.56 Å². The Labute approximate surface area is 191 Å². The predicted octanol–water partition coefficient (Wildman–Crippen LogP) is 3.31. The second-order valence-electron chi connectivity index (χ2n) is 8.67. The molecule has 1 aliphatic rings. The van der Waals surface area contributed by atoms with Gasteiger partial charge >= 0.3 is 12.1 Å². The fourth-order valence-corrected chi connectivity index (χ4v) is 4.07. The number of nitrogens with zero attached hydrogens (tertiary/aromatic N) is 2. The monoisotopic (exact) mass is 459 g/mol. The van der Waals surface area contributed by atoms with Gasteiger partial charge in [-0.2, -0.15) is 0 Å².